The number of para-hydroxylation sites is 2. The van der Waals surface area contributed by atoms with Gasteiger partial charge >= 0.3 is 0 Å². The van der Waals surface area contributed by atoms with E-state index >= 15 is 0 Å². The summed E-state index contributed by atoms with van der Waals surface area (Å²) in [6.07, 6.45) is 0.715. The number of phenolic OH excluding ortho intramolecular Hbond substituents is 1. The molecule has 6 heteroatoms. The van der Waals surface area contributed by atoms with Crippen LogP contribution in [-0.2, 0) is 10.1 Å². The maximum atomic E-state index is 9.19. The first-order valence-corrected chi connectivity index (χ1v) is 5.44. The third-order valence-corrected chi connectivity index (χ3v) is 1.09. The molecule has 1 aromatic carbocycles. The molecular weight excluding hydrogens is 208 g/mol. The van der Waals surface area contributed by atoms with Gasteiger partial charge in [-0.05, 0) is 12.1 Å². The molecule has 0 saturated heterocycles. The molecular formula is C8H12O5S. The van der Waals surface area contributed by atoms with Crippen molar-refractivity contribution in [2.45, 2.75) is 0 Å². The Bertz CT molecular complexity index is 363. The molecule has 0 fully saturated rings. The van der Waals surface area contributed by atoms with Crippen molar-refractivity contribution in [2.75, 3.05) is 13.4 Å². The first kappa shape index (κ1) is 12.7. The number of ether oxygens (including phenoxy) is 1. The van der Waals surface area contributed by atoms with Gasteiger partial charge in [0.25, 0.3) is 10.1 Å². The fourth-order valence-electron chi connectivity index (χ4n) is 0.630. The minimum Gasteiger partial charge on any atom is -0.504 e. The number of hydrogen-bond acceptors (Lipinski definition) is 4. The van der Waals surface area contributed by atoms with Crippen molar-refractivity contribution >= 4 is 10.1 Å². The molecule has 0 heterocycles. The van der Waals surface area contributed by atoms with Crippen LogP contribution in [0.5, 0.6) is 11.5 Å². The molecule has 0 amide bonds. The van der Waals surface area contributed by atoms with Crippen molar-refractivity contribution in [3.63, 3.8) is 0 Å². The molecule has 0 aliphatic carbocycles. The summed E-state index contributed by atoms with van der Waals surface area (Å²) in [6.45, 7) is 0. The number of phenols is 1. The van der Waals surface area contributed by atoms with Crippen LogP contribution < -0.4 is 4.74 Å². The lowest BCUT2D eigenvalue weighted by Crippen LogP contribution is -1.88. The van der Waals surface area contributed by atoms with Gasteiger partial charge in [-0.2, -0.15) is 8.42 Å². The normalized spacial score (nSPS) is 9.93. The fourth-order valence-corrected chi connectivity index (χ4v) is 0.630. The van der Waals surface area contributed by atoms with Crippen LogP contribution in [0.15, 0.2) is 24.3 Å². The Morgan fingerprint density at radius 1 is 1.29 bits per heavy atom. The Morgan fingerprint density at radius 2 is 1.71 bits per heavy atom. The molecule has 0 atom stereocenters. The zero-order valence-corrected chi connectivity index (χ0v) is 8.65. The molecule has 0 bridgehead atoms. The number of methoxy groups -OCH3 is 1. The lowest BCUT2D eigenvalue weighted by atomic mass is 10.3. The monoisotopic (exact) mass is 220 g/mol. The predicted molar refractivity (Wildman–Crippen MR) is 52.1 cm³/mol. The molecule has 0 aromatic heterocycles. The highest BCUT2D eigenvalue weighted by atomic mass is 32.2. The highest BCUT2D eigenvalue weighted by Gasteiger charge is 1.94. The summed E-state index contributed by atoms with van der Waals surface area (Å²) in [5.74, 6) is 0.692. The maximum absolute atomic E-state index is 9.19. The highest BCUT2D eigenvalue weighted by Crippen LogP contribution is 2.22. The van der Waals surface area contributed by atoms with Crippen LogP contribution in [0.3, 0.4) is 0 Å². The second-order valence-corrected chi connectivity index (χ2v) is 3.87. The van der Waals surface area contributed by atoms with E-state index in [0.717, 1.165) is 0 Å². The molecule has 0 aliphatic heterocycles. The van der Waals surface area contributed by atoms with Gasteiger partial charge in [-0.3, -0.25) is 4.55 Å². The average Bonchev–Trinajstić information content (AvgIpc) is 2.02. The van der Waals surface area contributed by atoms with Crippen molar-refractivity contribution in [2.24, 2.45) is 0 Å². The van der Waals surface area contributed by atoms with Crippen molar-refractivity contribution in [1.29, 1.82) is 0 Å². The number of aromatic hydroxyl groups is 1. The summed E-state index contributed by atoms with van der Waals surface area (Å²) in [5, 5.41) is 8.99. The van der Waals surface area contributed by atoms with Gasteiger partial charge in [0, 0.05) is 0 Å². The Morgan fingerprint density at radius 3 is 2.00 bits per heavy atom. The number of rotatable bonds is 1. The average molecular weight is 220 g/mol. The molecule has 0 spiro atoms. The molecule has 0 radical (unpaired) electrons. The molecule has 2 N–H and O–H groups in total. The molecule has 80 valence electrons. The first-order valence-electron chi connectivity index (χ1n) is 3.59. The first-order chi connectivity index (χ1) is 6.34. The second-order valence-electron chi connectivity index (χ2n) is 2.40. The summed E-state index contributed by atoms with van der Waals surface area (Å²) < 4.78 is 30.7. The Hall–Kier alpha value is -1.27. The summed E-state index contributed by atoms with van der Waals surface area (Å²) in [7, 11) is -2.14. The summed E-state index contributed by atoms with van der Waals surface area (Å²) in [5.41, 5.74) is 0. The van der Waals surface area contributed by atoms with Crippen LogP contribution in [0, 0.1) is 0 Å². The van der Waals surface area contributed by atoms with Crippen LogP contribution in [0.2, 0.25) is 0 Å². The van der Waals surface area contributed by atoms with Gasteiger partial charge in [-0.1, -0.05) is 12.1 Å². The Labute approximate surface area is 82.7 Å². The summed E-state index contributed by atoms with van der Waals surface area (Å²) in [6, 6.07) is 6.84. The number of benzene rings is 1. The topological polar surface area (TPSA) is 83.8 Å². The van der Waals surface area contributed by atoms with Gasteiger partial charge in [-0.15, -0.1) is 0 Å². The molecule has 0 saturated carbocycles. The molecule has 5 nitrogen and oxygen atoms in total. The van der Waals surface area contributed by atoms with Gasteiger partial charge in [0.2, 0.25) is 0 Å². The molecule has 0 unspecified atom stereocenters. The lowest BCUT2D eigenvalue weighted by molar-refractivity contribution is 0.373. The van der Waals surface area contributed by atoms with Gasteiger partial charge in [0.05, 0.1) is 13.4 Å². The van der Waals surface area contributed by atoms with E-state index in [0.29, 0.717) is 12.0 Å². The van der Waals surface area contributed by atoms with Crippen LogP contribution in [0.25, 0.3) is 0 Å². The minimum atomic E-state index is -3.67. The van der Waals surface area contributed by atoms with E-state index in [2.05, 4.69) is 0 Å². The highest BCUT2D eigenvalue weighted by molar-refractivity contribution is 7.85. The third kappa shape index (κ3) is 7.38. The van der Waals surface area contributed by atoms with E-state index in [9.17, 15) is 8.42 Å². The second kappa shape index (κ2) is 5.46. The van der Waals surface area contributed by atoms with Crippen LogP contribution >= 0.6 is 0 Å². The van der Waals surface area contributed by atoms with Crippen molar-refractivity contribution in [3.05, 3.63) is 24.3 Å². The summed E-state index contributed by atoms with van der Waals surface area (Å²) in [4.78, 5) is 0. The van der Waals surface area contributed by atoms with Crippen LogP contribution in [0.4, 0.5) is 0 Å². The largest absolute Gasteiger partial charge is 0.504 e. The molecule has 1 aromatic rings. The smallest absolute Gasteiger partial charge is 0.261 e. The molecule has 0 aliphatic rings. The Balaban J connectivity index is 0.000000292. The lowest BCUT2D eigenvalue weighted by Gasteiger charge is -1.99. The standard InChI is InChI=1S/C7H8O2.CH4O3S/c1-9-7-5-3-2-4-6(7)8;1-5(2,3)4/h2-5,8H,1H3;1H3,(H,2,3,4). The van der Waals surface area contributed by atoms with Gasteiger partial charge in [-0.25, -0.2) is 0 Å². The fraction of sp³-hybridized carbons (Fsp3) is 0.250. The van der Waals surface area contributed by atoms with E-state index in [4.69, 9.17) is 14.4 Å². The quantitative estimate of drug-likeness (QED) is 0.687. The third-order valence-electron chi connectivity index (χ3n) is 1.09. The van der Waals surface area contributed by atoms with Crippen molar-refractivity contribution in [1.82, 2.24) is 0 Å². The number of hydrogen-bond donors (Lipinski definition) is 2. The van der Waals surface area contributed by atoms with Crippen molar-refractivity contribution in [3.8, 4) is 11.5 Å². The van der Waals surface area contributed by atoms with Gasteiger partial charge < -0.3 is 9.84 Å². The zero-order valence-electron chi connectivity index (χ0n) is 7.84. The van der Waals surface area contributed by atoms with E-state index in [1.54, 1.807) is 24.3 Å². The van der Waals surface area contributed by atoms with Crippen LogP contribution in [-0.4, -0.2) is 31.4 Å². The van der Waals surface area contributed by atoms with Gasteiger partial charge in [0.1, 0.15) is 0 Å². The molecule has 14 heavy (non-hydrogen) atoms. The minimum absolute atomic E-state index is 0.181. The molecule has 1 rings (SSSR count). The van der Waals surface area contributed by atoms with E-state index < -0.39 is 10.1 Å². The summed E-state index contributed by atoms with van der Waals surface area (Å²) >= 11 is 0. The van der Waals surface area contributed by atoms with E-state index in [1.807, 2.05) is 0 Å². The Kier molecular flexibility index (Phi) is 4.96. The van der Waals surface area contributed by atoms with Gasteiger partial charge in [0.15, 0.2) is 11.5 Å². The maximum Gasteiger partial charge on any atom is 0.261 e. The van der Waals surface area contributed by atoms with Crippen molar-refractivity contribution < 1.29 is 22.8 Å². The predicted octanol–water partition coefficient (Wildman–Crippen LogP) is 0.905. The van der Waals surface area contributed by atoms with E-state index in [-0.39, 0.29) is 5.75 Å². The van der Waals surface area contributed by atoms with E-state index in [1.165, 1.54) is 7.11 Å². The zero-order chi connectivity index (χ0) is 11.2. The SMILES string of the molecule is COc1ccccc1O.CS(=O)(=O)O. The van der Waals surface area contributed by atoms with Crippen LogP contribution in [0.1, 0.15) is 0 Å².